The summed E-state index contributed by atoms with van der Waals surface area (Å²) in [5.41, 5.74) is 1.79. The number of nitrogens with zero attached hydrogens (tertiary/aromatic N) is 3. The van der Waals surface area contributed by atoms with Crippen LogP contribution in [0.1, 0.15) is 23.2 Å². The van der Waals surface area contributed by atoms with Crippen LogP contribution in [-0.2, 0) is 11.2 Å². The molecule has 1 amide bonds. The molecule has 2 aromatic rings. The first-order valence-corrected chi connectivity index (χ1v) is 7.98. The van der Waals surface area contributed by atoms with Crippen LogP contribution in [-0.4, -0.2) is 50.3 Å². The van der Waals surface area contributed by atoms with Crippen molar-refractivity contribution in [2.24, 2.45) is 0 Å². The van der Waals surface area contributed by atoms with Gasteiger partial charge in [0, 0.05) is 31.5 Å². The third-order valence-electron chi connectivity index (χ3n) is 3.73. The van der Waals surface area contributed by atoms with Gasteiger partial charge in [0.1, 0.15) is 22.5 Å². The van der Waals surface area contributed by atoms with Gasteiger partial charge in [0.2, 0.25) is 0 Å². The molecule has 7 heteroatoms. The summed E-state index contributed by atoms with van der Waals surface area (Å²) in [6.45, 7) is 0. The van der Waals surface area contributed by atoms with Crippen LogP contribution >= 0.6 is 0 Å². The highest BCUT2D eigenvalue weighted by atomic mass is 32.2. The van der Waals surface area contributed by atoms with Crippen molar-refractivity contribution >= 4 is 28.1 Å². The van der Waals surface area contributed by atoms with Crippen LogP contribution in [0.15, 0.2) is 22.8 Å². The molecule has 20 heavy (non-hydrogen) atoms. The first kappa shape index (κ1) is 13.4. The molecule has 0 bridgehead atoms. The van der Waals surface area contributed by atoms with Gasteiger partial charge in [-0.2, -0.15) is 0 Å². The van der Waals surface area contributed by atoms with E-state index in [9.17, 15) is 9.35 Å². The third-order valence-corrected chi connectivity index (χ3v) is 5.11. The Morgan fingerprint density at radius 3 is 2.80 bits per heavy atom. The number of amides is 1. The van der Waals surface area contributed by atoms with Crippen molar-refractivity contribution in [1.82, 2.24) is 15.2 Å². The highest BCUT2D eigenvalue weighted by Gasteiger charge is 2.28. The molecule has 1 aromatic carbocycles. The number of aromatic nitrogens is 2. The van der Waals surface area contributed by atoms with E-state index in [4.69, 9.17) is 0 Å². The smallest absolute Gasteiger partial charge is 0.253 e. The maximum Gasteiger partial charge on any atom is 0.253 e. The van der Waals surface area contributed by atoms with E-state index in [-0.39, 0.29) is 11.9 Å². The van der Waals surface area contributed by atoms with E-state index in [0.29, 0.717) is 28.1 Å². The number of hydrogen-bond donors (Lipinski definition) is 0. The van der Waals surface area contributed by atoms with Crippen molar-refractivity contribution in [3.8, 4) is 0 Å². The first-order chi connectivity index (χ1) is 9.65. The number of hydrogen-bond acceptors (Lipinski definition) is 5. The number of rotatable bonds is 2. The topological polar surface area (TPSA) is 82.3 Å². The largest absolute Gasteiger partial charge is 0.616 e. The van der Waals surface area contributed by atoms with Crippen molar-refractivity contribution in [1.29, 1.82) is 0 Å². The van der Waals surface area contributed by atoms with E-state index in [1.807, 2.05) is 0 Å². The summed E-state index contributed by atoms with van der Waals surface area (Å²) >= 11 is -0.717. The zero-order chi connectivity index (χ0) is 14.1. The van der Waals surface area contributed by atoms with Gasteiger partial charge in [-0.25, -0.2) is 4.63 Å². The molecule has 2 heterocycles. The minimum absolute atomic E-state index is 0.0485. The van der Waals surface area contributed by atoms with Gasteiger partial charge < -0.3 is 9.45 Å². The molecule has 1 aromatic heterocycles. The van der Waals surface area contributed by atoms with Gasteiger partial charge in [-0.3, -0.25) is 4.79 Å². The quantitative estimate of drug-likeness (QED) is 0.777. The van der Waals surface area contributed by atoms with Crippen molar-refractivity contribution in [2.45, 2.75) is 18.9 Å². The van der Waals surface area contributed by atoms with E-state index in [1.165, 1.54) is 0 Å². The monoisotopic (exact) mass is 293 g/mol. The average Bonchev–Trinajstić information content (AvgIpc) is 2.94. The molecule has 1 saturated heterocycles. The molecule has 0 spiro atoms. The summed E-state index contributed by atoms with van der Waals surface area (Å²) in [7, 11) is 1.80. The van der Waals surface area contributed by atoms with Crippen LogP contribution in [0.5, 0.6) is 0 Å². The summed E-state index contributed by atoms with van der Waals surface area (Å²) in [6.07, 6.45) is 1.59. The lowest BCUT2D eigenvalue weighted by Crippen LogP contribution is -2.42. The maximum absolute atomic E-state index is 12.5. The van der Waals surface area contributed by atoms with E-state index in [0.717, 1.165) is 12.8 Å². The molecule has 1 aliphatic heterocycles. The predicted octanol–water partition coefficient (Wildman–Crippen LogP) is 1.21. The van der Waals surface area contributed by atoms with Crippen LogP contribution in [0.4, 0.5) is 0 Å². The Morgan fingerprint density at radius 2 is 2.05 bits per heavy atom. The molecule has 1 aliphatic rings. The minimum atomic E-state index is -0.717. The SMILES string of the molecule is CN(C(=O)c1ccc2nonc2c1)C1CC[S+]([O-])CC1. The van der Waals surface area contributed by atoms with Crippen LogP contribution < -0.4 is 0 Å². The second kappa shape index (κ2) is 5.41. The van der Waals surface area contributed by atoms with Crippen LogP contribution in [0.2, 0.25) is 0 Å². The summed E-state index contributed by atoms with van der Waals surface area (Å²) < 4.78 is 16.0. The molecule has 0 N–H and O–H groups in total. The number of carbonyl (C=O) groups excluding carboxylic acids is 1. The molecule has 0 radical (unpaired) electrons. The Hall–Kier alpha value is -1.60. The fourth-order valence-corrected chi connectivity index (χ4v) is 3.73. The zero-order valence-electron chi connectivity index (χ0n) is 11.1. The molecule has 6 nitrogen and oxygen atoms in total. The first-order valence-electron chi connectivity index (χ1n) is 6.49. The van der Waals surface area contributed by atoms with E-state index in [1.54, 1.807) is 30.1 Å². The Morgan fingerprint density at radius 1 is 1.35 bits per heavy atom. The molecular weight excluding hydrogens is 278 g/mol. The minimum Gasteiger partial charge on any atom is -0.616 e. The van der Waals surface area contributed by atoms with E-state index in [2.05, 4.69) is 14.9 Å². The highest BCUT2D eigenvalue weighted by Crippen LogP contribution is 2.20. The lowest BCUT2D eigenvalue weighted by molar-refractivity contribution is 0.0722. The standard InChI is InChI=1S/C13H15N3O3S/c1-16(10-4-6-20(18)7-5-10)13(17)9-2-3-11-12(8-9)15-19-14-11/h2-3,8,10H,4-7H2,1H3. The lowest BCUT2D eigenvalue weighted by Gasteiger charge is -2.31. The van der Waals surface area contributed by atoms with Crippen molar-refractivity contribution in [3.05, 3.63) is 23.8 Å². The number of benzene rings is 1. The fraction of sp³-hybridized carbons (Fsp3) is 0.462. The Kier molecular flexibility index (Phi) is 3.62. The van der Waals surface area contributed by atoms with Crippen LogP contribution in [0.25, 0.3) is 11.0 Å². The van der Waals surface area contributed by atoms with E-state index >= 15 is 0 Å². The normalized spacial score (nSPS) is 22.9. The van der Waals surface area contributed by atoms with Gasteiger partial charge in [-0.15, -0.1) is 0 Å². The van der Waals surface area contributed by atoms with Gasteiger partial charge in [-0.1, -0.05) is 11.2 Å². The third kappa shape index (κ3) is 2.51. The van der Waals surface area contributed by atoms with Gasteiger partial charge in [0.15, 0.2) is 0 Å². The zero-order valence-corrected chi connectivity index (χ0v) is 11.9. The van der Waals surface area contributed by atoms with Gasteiger partial charge in [-0.05, 0) is 28.5 Å². The van der Waals surface area contributed by atoms with Crippen molar-refractivity contribution in [3.63, 3.8) is 0 Å². The fourth-order valence-electron chi connectivity index (χ4n) is 2.45. The Balaban J connectivity index is 1.77. The second-order valence-corrected chi connectivity index (χ2v) is 6.66. The molecule has 0 aliphatic carbocycles. The molecular formula is C13H15N3O3S. The number of carbonyl (C=O) groups is 1. The van der Waals surface area contributed by atoms with Crippen LogP contribution in [0.3, 0.4) is 0 Å². The van der Waals surface area contributed by atoms with E-state index < -0.39 is 11.2 Å². The molecule has 0 saturated carbocycles. The highest BCUT2D eigenvalue weighted by molar-refractivity contribution is 7.91. The lowest BCUT2D eigenvalue weighted by atomic mass is 10.1. The van der Waals surface area contributed by atoms with Gasteiger partial charge >= 0.3 is 0 Å². The maximum atomic E-state index is 12.5. The van der Waals surface area contributed by atoms with Gasteiger partial charge in [0.05, 0.1) is 0 Å². The molecule has 0 atom stereocenters. The Labute approximate surface area is 119 Å². The average molecular weight is 293 g/mol. The Bertz CT molecular complexity index is 622. The predicted molar refractivity (Wildman–Crippen MR) is 74.8 cm³/mol. The molecule has 0 unspecified atom stereocenters. The summed E-state index contributed by atoms with van der Waals surface area (Å²) in [6, 6.07) is 5.30. The van der Waals surface area contributed by atoms with Crippen LogP contribution in [0, 0.1) is 0 Å². The number of fused-ring (bicyclic) bond motifs is 1. The summed E-state index contributed by atoms with van der Waals surface area (Å²) in [5, 5.41) is 7.46. The van der Waals surface area contributed by atoms with Gasteiger partial charge in [0.25, 0.3) is 5.91 Å². The molecule has 3 rings (SSSR count). The molecule has 106 valence electrons. The second-order valence-electron chi connectivity index (χ2n) is 4.96. The summed E-state index contributed by atoms with van der Waals surface area (Å²) in [5.74, 6) is 1.30. The van der Waals surface area contributed by atoms with Crippen molar-refractivity contribution < 1.29 is 14.0 Å². The molecule has 1 fully saturated rings. The summed E-state index contributed by atoms with van der Waals surface area (Å²) in [4.78, 5) is 14.2. The van der Waals surface area contributed by atoms with Crippen molar-refractivity contribution in [2.75, 3.05) is 18.6 Å².